The van der Waals surface area contributed by atoms with Crippen molar-refractivity contribution in [2.24, 2.45) is 0 Å². The molecule has 0 spiro atoms. The minimum absolute atomic E-state index is 0. The number of nitrogens with one attached hydrogen (secondary N) is 1. The molecule has 0 aliphatic carbocycles. The van der Waals surface area contributed by atoms with E-state index in [1.807, 2.05) is 12.1 Å². The third-order valence-corrected chi connectivity index (χ3v) is 2.89. The molecule has 1 saturated heterocycles. The number of hydrogen-bond donors (Lipinski definition) is 1. The first-order valence-electron chi connectivity index (χ1n) is 5.38. The largest absolute Gasteiger partial charge is 0.497 e. The normalized spacial score (nSPS) is 20.0. The summed E-state index contributed by atoms with van der Waals surface area (Å²) in [6, 6.07) is 5.25. The summed E-state index contributed by atoms with van der Waals surface area (Å²) in [4.78, 5) is 0. The lowest BCUT2D eigenvalue weighted by molar-refractivity contribution is 0.391. The maximum Gasteiger partial charge on any atom is 0.131 e. The Balaban J connectivity index is 0.00000128. The zero-order valence-electron chi connectivity index (χ0n) is 9.33. The molecule has 2 nitrogen and oxygen atoms in total. The monoisotopic (exact) mass is 245 g/mol. The fourth-order valence-corrected chi connectivity index (χ4v) is 2.03. The second-order valence-corrected chi connectivity index (χ2v) is 3.89. The molecule has 4 heteroatoms. The van der Waals surface area contributed by atoms with Crippen LogP contribution in [-0.4, -0.2) is 13.7 Å². The smallest absolute Gasteiger partial charge is 0.131 e. The van der Waals surface area contributed by atoms with Crippen LogP contribution >= 0.6 is 12.4 Å². The van der Waals surface area contributed by atoms with E-state index in [0.29, 0.717) is 5.75 Å². The van der Waals surface area contributed by atoms with Crippen LogP contribution in [0.2, 0.25) is 0 Å². The van der Waals surface area contributed by atoms with E-state index in [1.54, 1.807) is 7.11 Å². The second-order valence-electron chi connectivity index (χ2n) is 3.89. The van der Waals surface area contributed by atoms with Gasteiger partial charge in [0.05, 0.1) is 7.11 Å². The Morgan fingerprint density at radius 1 is 1.38 bits per heavy atom. The van der Waals surface area contributed by atoms with Crippen LogP contribution in [0.15, 0.2) is 18.2 Å². The zero-order chi connectivity index (χ0) is 10.7. The van der Waals surface area contributed by atoms with E-state index in [9.17, 15) is 4.39 Å². The Morgan fingerprint density at radius 3 is 2.75 bits per heavy atom. The standard InChI is InChI=1S/C12H16FNO.ClH/c1-15-9-5-6-10(11(13)8-9)12-4-2-3-7-14-12;/h5-6,8,12,14H,2-4,7H2,1H3;1H/t12-;/m1./s1. The maximum absolute atomic E-state index is 13.7. The van der Waals surface area contributed by atoms with Gasteiger partial charge >= 0.3 is 0 Å². The summed E-state index contributed by atoms with van der Waals surface area (Å²) in [7, 11) is 1.55. The van der Waals surface area contributed by atoms with Crippen LogP contribution in [0.4, 0.5) is 4.39 Å². The zero-order valence-corrected chi connectivity index (χ0v) is 10.1. The fourth-order valence-electron chi connectivity index (χ4n) is 2.03. The third kappa shape index (κ3) is 2.86. The number of hydrogen-bond acceptors (Lipinski definition) is 2. The number of methoxy groups -OCH3 is 1. The van der Waals surface area contributed by atoms with Crippen LogP contribution in [0.25, 0.3) is 0 Å². The molecule has 1 atom stereocenters. The number of rotatable bonds is 2. The van der Waals surface area contributed by atoms with Crippen molar-refractivity contribution < 1.29 is 9.13 Å². The molecule has 1 aliphatic rings. The van der Waals surface area contributed by atoms with E-state index in [4.69, 9.17) is 4.74 Å². The molecule has 2 rings (SSSR count). The van der Waals surface area contributed by atoms with Gasteiger partial charge in [0, 0.05) is 17.7 Å². The van der Waals surface area contributed by atoms with Gasteiger partial charge in [0.2, 0.25) is 0 Å². The lowest BCUT2D eigenvalue weighted by Crippen LogP contribution is -2.27. The van der Waals surface area contributed by atoms with Crippen LogP contribution in [0.3, 0.4) is 0 Å². The lowest BCUT2D eigenvalue weighted by atomic mass is 9.97. The predicted octanol–water partition coefficient (Wildman–Crippen LogP) is 3.07. The topological polar surface area (TPSA) is 21.3 Å². The molecule has 0 bridgehead atoms. The summed E-state index contributed by atoms with van der Waals surface area (Å²) in [6.07, 6.45) is 3.38. The third-order valence-electron chi connectivity index (χ3n) is 2.89. The highest BCUT2D eigenvalue weighted by Crippen LogP contribution is 2.27. The SMILES string of the molecule is COc1ccc([C@H]2CCCCN2)c(F)c1.Cl. The Labute approximate surface area is 102 Å². The summed E-state index contributed by atoms with van der Waals surface area (Å²) in [6.45, 7) is 0.982. The number of halogens is 2. The van der Waals surface area contributed by atoms with Gasteiger partial charge in [-0.3, -0.25) is 0 Å². The van der Waals surface area contributed by atoms with Crippen LogP contribution in [0, 0.1) is 5.82 Å². The molecule has 1 N–H and O–H groups in total. The Hall–Kier alpha value is -0.800. The predicted molar refractivity (Wildman–Crippen MR) is 64.8 cm³/mol. The van der Waals surface area contributed by atoms with E-state index in [2.05, 4.69) is 5.32 Å². The Bertz CT molecular complexity index is 340. The molecular formula is C12H17ClFNO. The summed E-state index contributed by atoms with van der Waals surface area (Å²) >= 11 is 0. The van der Waals surface area contributed by atoms with Crippen molar-refractivity contribution in [3.63, 3.8) is 0 Å². The molecule has 1 heterocycles. The highest BCUT2D eigenvalue weighted by atomic mass is 35.5. The van der Waals surface area contributed by atoms with Crippen molar-refractivity contribution in [2.75, 3.05) is 13.7 Å². The average molecular weight is 246 g/mol. The highest BCUT2D eigenvalue weighted by Gasteiger charge is 2.18. The average Bonchev–Trinajstić information content (AvgIpc) is 2.30. The highest BCUT2D eigenvalue weighted by molar-refractivity contribution is 5.85. The van der Waals surface area contributed by atoms with Crippen molar-refractivity contribution in [3.8, 4) is 5.75 Å². The van der Waals surface area contributed by atoms with Crippen LogP contribution < -0.4 is 10.1 Å². The second kappa shape index (κ2) is 6.06. The van der Waals surface area contributed by atoms with Gasteiger partial charge in [-0.15, -0.1) is 12.4 Å². The van der Waals surface area contributed by atoms with E-state index in [1.165, 1.54) is 18.9 Å². The summed E-state index contributed by atoms with van der Waals surface area (Å²) in [5.41, 5.74) is 0.760. The van der Waals surface area contributed by atoms with Gasteiger partial charge in [-0.25, -0.2) is 4.39 Å². The van der Waals surface area contributed by atoms with Crippen molar-refractivity contribution in [1.29, 1.82) is 0 Å². The molecule has 90 valence electrons. The van der Waals surface area contributed by atoms with Gasteiger partial charge in [0.25, 0.3) is 0 Å². The first-order chi connectivity index (χ1) is 7.31. The summed E-state index contributed by atoms with van der Waals surface area (Å²) in [5, 5.41) is 3.33. The van der Waals surface area contributed by atoms with Crippen LogP contribution in [0.5, 0.6) is 5.75 Å². The van der Waals surface area contributed by atoms with Crippen molar-refractivity contribution in [2.45, 2.75) is 25.3 Å². The molecule has 1 fully saturated rings. The molecular weight excluding hydrogens is 229 g/mol. The molecule has 16 heavy (non-hydrogen) atoms. The van der Waals surface area contributed by atoms with Gasteiger partial charge in [-0.1, -0.05) is 12.5 Å². The van der Waals surface area contributed by atoms with Gasteiger partial charge in [-0.05, 0) is 25.5 Å². The molecule has 0 amide bonds. The molecule has 1 aromatic rings. The van der Waals surface area contributed by atoms with Crippen LogP contribution in [0.1, 0.15) is 30.9 Å². The Kier molecular flexibility index (Phi) is 5.03. The van der Waals surface area contributed by atoms with E-state index < -0.39 is 0 Å². The number of ether oxygens (including phenoxy) is 1. The molecule has 1 aromatic carbocycles. The van der Waals surface area contributed by atoms with E-state index in [0.717, 1.165) is 18.5 Å². The van der Waals surface area contributed by atoms with Gasteiger partial charge in [-0.2, -0.15) is 0 Å². The van der Waals surface area contributed by atoms with Gasteiger partial charge in [0.1, 0.15) is 11.6 Å². The van der Waals surface area contributed by atoms with Crippen molar-refractivity contribution in [3.05, 3.63) is 29.6 Å². The number of piperidine rings is 1. The van der Waals surface area contributed by atoms with Gasteiger partial charge in [0.15, 0.2) is 0 Å². The van der Waals surface area contributed by atoms with E-state index >= 15 is 0 Å². The Morgan fingerprint density at radius 2 is 2.19 bits per heavy atom. The minimum Gasteiger partial charge on any atom is -0.497 e. The first-order valence-corrected chi connectivity index (χ1v) is 5.38. The number of benzene rings is 1. The maximum atomic E-state index is 13.7. The molecule has 0 aromatic heterocycles. The van der Waals surface area contributed by atoms with Crippen LogP contribution in [-0.2, 0) is 0 Å². The van der Waals surface area contributed by atoms with Gasteiger partial charge < -0.3 is 10.1 Å². The summed E-state index contributed by atoms with van der Waals surface area (Å²) < 4.78 is 18.7. The summed E-state index contributed by atoms with van der Waals surface area (Å²) in [5.74, 6) is 0.404. The van der Waals surface area contributed by atoms with Crippen molar-refractivity contribution >= 4 is 12.4 Å². The molecule has 0 radical (unpaired) electrons. The van der Waals surface area contributed by atoms with Crippen molar-refractivity contribution in [1.82, 2.24) is 5.32 Å². The minimum atomic E-state index is -0.172. The molecule has 1 aliphatic heterocycles. The lowest BCUT2D eigenvalue weighted by Gasteiger charge is -2.24. The molecule has 0 unspecified atom stereocenters. The first kappa shape index (κ1) is 13.3. The fraction of sp³-hybridized carbons (Fsp3) is 0.500. The van der Waals surface area contributed by atoms with E-state index in [-0.39, 0.29) is 24.3 Å². The quantitative estimate of drug-likeness (QED) is 0.865. The molecule has 0 saturated carbocycles.